The second-order valence-corrected chi connectivity index (χ2v) is 6.75. The number of carbonyl (C=O) groups excluding carboxylic acids is 1. The summed E-state index contributed by atoms with van der Waals surface area (Å²) < 4.78 is 11.0. The Morgan fingerprint density at radius 1 is 1.35 bits per heavy atom. The van der Waals surface area contributed by atoms with Crippen LogP contribution in [-0.4, -0.2) is 40.7 Å². The lowest BCUT2D eigenvalue weighted by Gasteiger charge is -2.39. The van der Waals surface area contributed by atoms with Crippen molar-refractivity contribution in [2.24, 2.45) is 0 Å². The highest BCUT2D eigenvalue weighted by Gasteiger charge is 2.34. The van der Waals surface area contributed by atoms with E-state index in [2.05, 4.69) is 0 Å². The van der Waals surface area contributed by atoms with E-state index in [-0.39, 0.29) is 24.5 Å². The Kier molecular flexibility index (Phi) is 4.89. The van der Waals surface area contributed by atoms with E-state index in [0.29, 0.717) is 13.1 Å². The minimum Gasteiger partial charge on any atom is -0.444 e. The van der Waals surface area contributed by atoms with Gasteiger partial charge in [-0.2, -0.15) is 0 Å². The average molecular weight is 322 g/mol. The number of carbonyl (C=O) groups is 1. The number of ether oxygens (including phenoxy) is 2. The standard InChI is InChI=1S/C16H22N2O5/c1-11-5-12(7-13(6-11)18(20)21)10-22-14-8-17(9-14)15(19)23-16(2,3)4/h5-7,14H,8-10H2,1-4H3. The highest BCUT2D eigenvalue weighted by atomic mass is 16.6. The Balaban J connectivity index is 1.81. The van der Waals surface area contributed by atoms with Crippen molar-refractivity contribution in [1.29, 1.82) is 0 Å². The van der Waals surface area contributed by atoms with Gasteiger partial charge in [0, 0.05) is 12.1 Å². The van der Waals surface area contributed by atoms with E-state index in [1.807, 2.05) is 33.8 Å². The van der Waals surface area contributed by atoms with Gasteiger partial charge in [-0.1, -0.05) is 6.07 Å². The molecule has 0 N–H and O–H groups in total. The topological polar surface area (TPSA) is 81.9 Å². The van der Waals surface area contributed by atoms with Crippen LogP contribution in [0.2, 0.25) is 0 Å². The van der Waals surface area contributed by atoms with Crippen molar-refractivity contribution in [3.05, 3.63) is 39.4 Å². The minimum atomic E-state index is -0.510. The number of amides is 1. The number of non-ortho nitro benzene ring substituents is 1. The number of aryl methyl sites for hydroxylation is 1. The van der Waals surface area contributed by atoms with E-state index in [1.54, 1.807) is 4.90 Å². The van der Waals surface area contributed by atoms with E-state index in [4.69, 9.17) is 9.47 Å². The normalized spacial score (nSPS) is 15.2. The molecule has 1 fully saturated rings. The van der Waals surface area contributed by atoms with E-state index in [9.17, 15) is 14.9 Å². The monoisotopic (exact) mass is 322 g/mol. The van der Waals surface area contributed by atoms with Crippen LogP contribution in [0.5, 0.6) is 0 Å². The fraction of sp³-hybridized carbons (Fsp3) is 0.562. The van der Waals surface area contributed by atoms with E-state index in [1.165, 1.54) is 12.1 Å². The molecule has 23 heavy (non-hydrogen) atoms. The number of rotatable bonds is 4. The van der Waals surface area contributed by atoms with Crippen molar-refractivity contribution in [1.82, 2.24) is 4.90 Å². The molecule has 0 unspecified atom stereocenters. The maximum atomic E-state index is 11.8. The van der Waals surface area contributed by atoms with Crippen LogP contribution >= 0.6 is 0 Å². The van der Waals surface area contributed by atoms with Gasteiger partial charge in [0.2, 0.25) is 0 Å². The summed E-state index contributed by atoms with van der Waals surface area (Å²) in [6, 6.07) is 4.89. The minimum absolute atomic E-state index is 0.0626. The molecule has 1 amide bonds. The van der Waals surface area contributed by atoms with Gasteiger partial charge in [0.1, 0.15) is 5.60 Å². The van der Waals surface area contributed by atoms with Crippen molar-refractivity contribution in [2.45, 2.75) is 46.0 Å². The molecule has 1 aromatic rings. The van der Waals surface area contributed by atoms with Crippen molar-refractivity contribution in [3.63, 3.8) is 0 Å². The Morgan fingerprint density at radius 3 is 2.57 bits per heavy atom. The number of nitrogens with zero attached hydrogens (tertiary/aromatic N) is 2. The summed E-state index contributed by atoms with van der Waals surface area (Å²) in [4.78, 5) is 23.8. The van der Waals surface area contributed by atoms with Crippen molar-refractivity contribution >= 4 is 11.8 Å². The van der Waals surface area contributed by atoms with Crippen LogP contribution < -0.4 is 0 Å². The smallest absolute Gasteiger partial charge is 0.410 e. The van der Waals surface area contributed by atoms with Crippen LogP contribution in [0.15, 0.2) is 18.2 Å². The zero-order chi connectivity index (χ0) is 17.2. The molecule has 1 aliphatic rings. The number of hydrogen-bond acceptors (Lipinski definition) is 5. The van der Waals surface area contributed by atoms with Gasteiger partial charge in [0.15, 0.2) is 0 Å². The van der Waals surface area contributed by atoms with Gasteiger partial charge in [-0.25, -0.2) is 4.79 Å². The second kappa shape index (κ2) is 6.54. The van der Waals surface area contributed by atoms with E-state index >= 15 is 0 Å². The lowest BCUT2D eigenvalue weighted by atomic mass is 10.1. The quantitative estimate of drug-likeness (QED) is 0.628. The molecule has 126 valence electrons. The summed E-state index contributed by atoms with van der Waals surface area (Å²) in [6.07, 6.45) is -0.411. The molecule has 7 nitrogen and oxygen atoms in total. The highest BCUT2D eigenvalue weighted by Crippen LogP contribution is 2.21. The predicted octanol–water partition coefficient (Wildman–Crippen LogP) is 3.04. The molecular weight excluding hydrogens is 300 g/mol. The van der Waals surface area contributed by atoms with Crippen LogP contribution in [-0.2, 0) is 16.1 Å². The van der Waals surface area contributed by atoms with Gasteiger partial charge in [0.05, 0.1) is 30.7 Å². The molecular formula is C16H22N2O5. The molecule has 1 saturated heterocycles. The maximum Gasteiger partial charge on any atom is 0.410 e. The largest absolute Gasteiger partial charge is 0.444 e. The van der Waals surface area contributed by atoms with E-state index in [0.717, 1.165) is 11.1 Å². The van der Waals surface area contributed by atoms with Crippen LogP contribution in [0.25, 0.3) is 0 Å². The molecule has 0 aliphatic carbocycles. The highest BCUT2D eigenvalue weighted by molar-refractivity contribution is 5.69. The van der Waals surface area contributed by atoms with Crippen molar-refractivity contribution in [2.75, 3.05) is 13.1 Å². The molecule has 0 bridgehead atoms. The number of nitro benzene ring substituents is 1. The fourth-order valence-corrected chi connectivity index (χ4v) is 2.26. The average Bonchev–Trinajstić information content (AvgIpc) is 2.33. The molecule has 1 heterocycles. The Morgan fingerprint density at radius 2 is 2.00 bits per heavy atom. The lowest BCUT2D eigenvalue weighted by Crippen LogP contribution is -2.55. The molecule has 0 saturated carbocycles. The lowest BCUT2D eigenvalue weighted by molar-refractivity contribution is -0.385. The van der Waals surface area contributed by atoms with Gasteiger partial charge in [-0.05, 0) is 38.8 Å². The number of likely N-dealkylation sites (tertiary alicyclic amines) is 1. The Labute approximate surface area is 135 Å². The molecule has 0 spiro atoms. The van der Waals surface area contributed by atoms with Gasteiger partial charge < -0.3 is 14.4 Å². The summed E-state index contributed by atoms with van der Waals surface area (Å²) in [5.41, 5.74) is 1.13. The van der Waals surface area contributed by atoms with Gasteiger partial charge in [0.25, 0.3) is 5.69 Å². The second-order valence-electron chi connectivity index (χ2n) is 6.75. The molecule has 1 aromatic carbocycles. The van der Waals surface area contributed by atoms with Crippen molar-refractivity contribution < 1.29 is 19.2 Å². The molecule has 1 aliphatic heterocycles. The molecule has 0 aromatic heterocycles. The van der Waals surface area contributed by atoms with E-state index < -0.39 is 10.5 Å². The van der Waals surface area contributed by atoms with Crippen LogP contribution in [0.3, 0.4) is 0 Å². The first-order chi connectivity index (χ1) is 10.6. The summed E-state index contributed by atoms with van der Waals surface area (Å²) in [6.45, 7) is 8.51. The van der Waals surface area contributed by atoms with Crippen molar-refractivity contribution in [3.8, 4) is 0 Å². The van der Waals surface area contributed by atoms with Gasteiger partial charge >= 0.3 is 6.09 Å². The van der Waals surface area contributed by atoms with Gasteiger partial charge in [-0.3, -0.25) is 10.1 Å². The first-order valence-corrected chi connectivity index (χ1v) is 7.48. The van der Waals surface area contributed by atoms with Crippen LogP contribution in [0, 0.1) is 17.0 Å². The maximum absolute atomic E-state index is 11.8. The molecule has 7 heteroatoms. The fourth-order valence-electron chi connectivity index (χ4n) is 2.26. The zero-order valence-corrected chi connectivity index (χ0v) is 13.9. The third-order valence-electron chi connectivity index (χ3n) is 3.32. The Bertz CT molecular complexity index is 603. The van der Waals surface area contributed by atoms with Crippen LogP contribution in [0.4, 0.5) is 10.5 Å². The SMILES string of the molecule is Cc1cc(COC2CN(C(=O)OC(C)(C)C)C2)cc([N+](=O)[O-])c1. The third kappa shape index (κ3) is 4.92. The number of nitro groups is 1. The summed E-state index contributed by atoms with van der Waals surface area (Å²) in [7, 11) is 0. The summed E-state index contributed by atoms with van der Waals surface area (Å²) >= 11 is 0. The first-order valence-electron chi connectivity index (χ1n) is 7.48. The molecule has 2 rings (SSSR count). The molecule has 0 radical (unpaired) electrons. The first kappa shape index (κ1) is 17.2. The molecule has 0 atom stereocenters. The number of hydrogen-bond donors (Lipinski definition) is 0. The predicted molar refractivity (Wildman–Crippen MR) is 84.2 cm³/mol. The van der Waals surface area contributed by atoms with Gasteiger partial charge in [-0.15, -0.1) is 0 Å². The zero-order valence-electron chi connectivity index (χ0n) is 13.9. The summed E-state index contributed by atoms with van der Waals surface area (Å²) in [5.74, 6) is 0. The summed E-state index contributed by atoms with van der Waals surface area (Å²) in [5, 5.41) is 10.8. The Hall–Kier alpha value is -2.15. The third-order valence-corrected chi connectivity index (χ3v) is 3.32. The number of benzene rings is 1. The van der Waals surface area contributed by atoms with Crippen LogP contribution in [0.1, 0.15) is 31.9 Å².